The van der Waals surface area contributed by atoms with Crippen molar-refractivity contribution < 1.29 is 50.0 Å². The minimum absolute atomic E-state index is 0. The number of piperazine rings is 1. The molecule has 4 unspecified atom stereocenters. The Balaban J connectivity index is 0.00000604. The molecule has 13 heteroatoms. The first-order chi connectivity index (χ1) is 28.4. The molecule has 3 aromatic carbocycles. The van der Waals surface area contributed by atoms with E-state index in [0.717, 1.165) is 104 Å². The number of ether oxygens (including phenoxy) is 4. The van der Waals surface area contributed by atoms with Gasteiger partial charge in [-0.3, -0.25) is 14.1 Å². The van der Waals surface area contributed by atoms with Crippen LogP contribution in [0.2, 0.25) is 10.0 Å². The lowest BCUT2D eigenvalue weighted by molar-refractivity contribution is -0.929. The molecule has 60 heavy (non-hydrogen) atoms. The molecule has 3 saturated heterocycles. The number of quaternary nitrogens is 1. The Labute approximate surface area is 377 Å². The number of halogens is 3. The molecule has 0 saturated carbocycles. The number of esters is 1. The maximum absolute atomic E-state index is 12.7. The molecule has 0 spiro atoms. The van der Waals surface area contributed by atoms with Crippen molar-refractivity contribution >= 4 is 40.8 Å². The van der Waals surface area contributed by atoms with Gasteiger partial charge in [0, 0.05) is 56.9 Å². The van der Waals surface area contributed by atoms with Crippen molar-refractivity contribution in [2.45, 2.75) is 98.1 Å². The maximum atomic E-state index is 12.7. The fourth-order valence-electron chi connectivity index (χ4n) is 9.32. The Morgan fingerprint density at radius 1 is 0.883 bits per heavy atom. The van der Waals surface area contributed by atoms with Gasteiger partial charge >= 0.3 is 5.97 Å². The zero-order chi connectivity index (χ0) is 41.7. The average molecular weight is 929 g/mol. The smallest absolute Gasteiger partial charge is 0.313 e. The summed E-state index contributed by atoms with van der Waals surface area (Å²) in [4.78, 5) is 31.6. The van der Waals surface area contributed by atoms with E-state index in [2.05, 4.69) is 40.3 Å². The molecule has 3 aromatic rings. The minimum atomic E-state index is -0.247. The molecule has 4 heterocycles. The lowest BCUT2D eigenvalue weighted by atomic mass is 10.0. The van der Waals surface area contributed by atoms with Gasteiger partial charge in [0.15, 0.2) is 6.17 Å². The summed E-state index contributed by atoms with van der Waals surface area (Å²) in [5.41, 5.74) is 6.02. The number of benzene rings is 3. The van der Waals surface area contributed by atoms with Gasteiger partial charge in [0.05, 0.1) is 34.8 Å². The molecule has 0 aliphatic carbocycles. The van der Waals surface area contributed by atoms with E-state index in [1.807, 2.05) is 62.9 Å². The third kappa shape index (κ3) is 10.8. The van der Waals surface area contributed by atoms with E-state index in [4.69, 9.17) is 42.1 Å². The highest BCUT2D eigenvalue weighted by Crippen LogP contribution is 2.48. The van der Waals surface area contributed by atoms with Gasteiger partial charge in [0.25, 0.3) is 0 Å². The third-order valence-corrected chi connectivity index (χ3v) is 12.8. The van der Waals surface area contributed by atoms with Gasteiger partial charge in [-0.15, -0.1) is 0 Å². The van der Waals surface area contributed by atoms with Crippen LogP contribution in [0.15, 0.2) is 66.5 Å². The van der Waals surface area contributed by atoms with Gasteiger partial charge in [0.2, 0.25) is 5.91 Å². The standard InChI is InChI=1S/C47H61Cl2N4O6.BrH/c1-32(2)47(55)59-45-33(3)24-36(25-34(45)4)28-53(30-40-13-9-11-23-57-40)29-38(31-58-44-15-7-6-14-43(44)51-20-18-50(19-21-51)35(5)54)52(27-39-12-8-10-22-56-39)46(53)41-17-16-37(48)26-42(41)49;/h6-7,14-17,24-26,29,32,39-40,46H,8-13,18-23,27-28,30-31H2,1-5H3;1H/q+1;/p-1. The summed E-state index contributed by atoms with van der Waals surface area (Å²) in [7, 11) is 0. The zero-order valence-electron chi connectivity index (χ0n) is 35.8. The van der Waals surface area contributed by atoms with E-state index in [9.17, 15) is 9.59 Å². The second-order valence-corrected chi connectivity index (χ2v) is 18.0. The first kappa shape index (κ1) is 46.2. The van der Waals surface area contributed by atoms with Gasteiger partial charge < -0.3 is 50.6 Å². The topological polar surface area (TPSA) is 80.8 Å². The van der Waals surface area contributed by atoms with E-state index in [1.54, 1.807) is 6.92 Å². The van der Waals surface area contributed by atoms with Crippen LogP contribution in [0.1, 0.15) is 87.7 Å². The summed E-state index contributed by atoms with van der Waals surface area (Å²) >= 11 is 13.9. The highest BCUT2D eigenvalue weighted by atomic mass is 79.9. The molecule has 0 radical (unpaired) electrons. The van der Waals surface area contributed by atoms with Crippen molar-refractivity contribution in [2.75, 3.05) is 64.0 Å². The number of aryl methyl sites for hydroxylation is 2. The van der Waals surface area contributed by atoms with Gasteiger partial charge in [-0.25, -0.2) is 0 Å². The van der Waals surface area contributed by atoms with Crippen LogP contribution in [0.3, 0.4) is 0 Å². The van der Waals surface area contributed by atoms with E-state index in [-0.39, 0.29) is 53.1 Å². The fraction of sp³-hybridized carbons (Fsp3) is 0.532. The number of hydrogen-bond acceptors (Lipinski definition) is 8. The van der Waals surface area contributed by atoms with Crippen molar-refractivity contribution in [3.63, 3.8) is 0 Å². The van der Waals surface area contributed by atoms with E-state index >= 15 is 0 Å². The Morgan fingerprint density at radius 2 is 1.55 bits per heavy atom. The van der Waals surface area contributed by atoms with Crippen molar-refractivity contribution in [2.24, 2.45) is 5.92 Å². The first-order valence-electron chi connectivity index (χ1n) is 21.5. The molecule has 4 aliphatic rings. The Morgan fingerprint density at radius 3 is 2.17 bits per heavy atom. The summed E-state index contributed by atoms with van der Waals surface area (Å²) in [5.74, 6) is 1.05. The number of hydrogen-bond donors (Lipinski definition) is 0. The molecule has 3 fully saturated rings. The van der Waals surface area contributed by atoms with E-state index in [1.165, 1.54) is 0 Å². The number of para-hydroxylation sites is 2. The molecule has 1 amide bonds. The van der Waals surface area contributed by atoms with Gasteiger partial charge in [-0.05, 0) is 106 Å². The second-order valence-electron chi connectivity index (χ2n) is 17.1. The van der Waals surface area contributed by atoms with Crippen molar-refractivity contribution in [3.8, 4) is 11.5 Å². The molecule has 326 valence electrons. The monoisotopic (exact) mass is 926 g/mol. The molecule has 7 rings (SSSR count). The molecule has 0 N–H and O–H groups in total. The largest absolute Gasteiger partial charge is 1.00 e. The SMILES string of the molecule is CC(=O)N1CCN(c2ccccc2OCC2=C[N+](Cc3cc(C)c(OC(=O)C(C)C)c(C)c3)(CC3CCCCO3)C(c3ccc(Cl)cc3Cl)N2CC2CCCCO2)CC1.[Br-]. The average Bonchev–Trinajstić information content (AvgIpc) is 3.50. The van der Waals surface area contributed by atoms with Crippen LogP contribution in [0.4, 0.5) is 5.69 Å². The lowest BCUT2D eigenvalue weighted by Crippen LogP contribution is -3.00. The van der Waals surface area contributed by atoms with Crippen LogP contribution in [-0.4, -0.2) is 97.5 Å². The Hall–Kier alpha value is -3.32. The summed E-state index contributed by atoms with van der Waals surface area (Å²) in [5, 5.41) is 1.20. The lowest BCUT2D eigenvalue weighted by Gasteiger charge is -2.44. The van der Waals surface area contributed by atoms with Gasteiger partial charge in [0.1, 0.15) is 49.2 Å². The van der Waals surface area contributed by atoms with Gasteiger partial charge in [-0.1, -0.05) is 49.2 Å². The number of amides is 1. The van der Waals surface area contributed by atoms with Crippen molar-refractivity contribution in [3.05, 3.63) is 98.8 Å². The Bertz CT molecular complexity index is 1970. The molecule has 4 atom stereocenters. The van der Waals surface area contributed by atoms with Crippen LogP contribution in [0, 0.1) is 19.8 Å². The van der Waals surface area contributed by atoms with Gasteiger partial charge in [-0.2, -0.15) is 0 Å². The highest BCUT2D eigenvalue weighted by Gasteiger charge is 2.51. The predicted molar refractivity (Wildman–Crippen MR) is 233 cm³/mol. The number of carbonyl (C=O) groups is 2. The highest BCUT2D eigenvalue weighted by molar-refractivity contribution is 6.35. The molecule has 4 aliphatic heterocycles. The third-order valence-electron chi connectivity index (χ3n) is 12.3. The second kappa shape index (κ2) is 20.7. The first-order valence-corrected chi connectivity index (χ1v) is 22.2. The van der Waals surface area contributed by atoms with E-state index in [0.29, 0.717) is 59.6 Å². The number of carbonyl (C=O) groups excluding carboxylic acids is 2. The predicted octanol–water partition coefficient (Wildman–Crippen LogP) is 6.23. The summed E-state index contributed by atoms with van der Waals surface area (Å²) < 4.78 is 26.4. The molecular formula is C47H61BrCl2N4O6. The minimum Gasteiger partial charge on any atom is -1.00 e. The molecular weight excluding hydrogens is 867 g/mol. The summed E-state index contributed by atoms with van der Waals surface area (Å²) in [6.45, 7) is 16.0. The normalized spacial score (nSPS) is 23.3. The zero-order valence-corrected chi connectivity index (χ0v) is 38.9. The fourth-order valence-corrected chi connectivity index (χ4v) is 9.83. The van der Waals surface area contributed by atoms with Crippen LogP contribution in [0.5, 0.6) is 11.5 Å². The van der Waals surface area contributed by atoms with Crippen LogP contribution in [-0.2, 0) is 25.6 Å². The summed E-state index contributed by atoms with van der Waals surface area (Å²) in [6.07, 6.45) is 8.52. The van der Waals surface area contributed by atoms with Crippen LogP contribution >= 0.6 is 23.2 Å². The molecule has 0 bridgehead atoms. The van der Waals surface area contributed by atoms with Crippen molar-refractivity contribution in [1.29, 1.82) is 0 Å². The number of rotatable bonds is 13. The quantitative estimate of drug-likeness (QED) is 0.114. The van der Waals surface area contributed by atoms with E-state index < -0.39 is 0 Å². The van der Waals surface area contributed by atoms with Crippen LogP contribution in [0.25, 0.3) is 0 Å². The molecule has 0 aromatic heterocycles. The Kier molecular flexibility index (Phi) is 15.9. The molecule has 10 nitrogen and oxygen atoms in total. The number of anilines is 1. The van der Waals surface area contributed by atoms with Crippen LogP contribution < -0.4 is 31.4 Å². The summed E-state index contributed by atoms with van der Waals surface area (Å²) in [6, 6.07) is 18.4. The van der Waals surface area contributed by atoms with Crippen molar-refractivity contribution in [1.82, 2.24) is 9.80 Å². The number of nitrogens with zero attached hydrogens (tertiary/aromatic N) is 4. The maximum Gasteiger partial charge on any atom is 0.313 e.